The zero-order chi connectivity index (χ0) is 17.9. The van der Waals surface area contributed by atoms with Gasteiger partial charge in [0.25, 0.3) is 0 Å². The molecule has 0 aliphatic rings. The highest BCUT2D eigenvalue weighted by Gasteiger charge is 2.08. The van der Waals surface area contributed by atoms with E-state index >= 15 is 0 Å². The number of carbonyl (C=O) groups excluding carboxylic acids is 2. The molecule has 6 nitrogen and oxygen atoms in total. The number of hydrogen-bond donors (Lipinski definition) is 1. The van der Waals surface area contributed by atoms with Gasteiger partial charge in [-0.05, 0) is 13.3 Å². The first-order valence-corrected chi connectivity index (χ1v) is 8.58. The Hall–Kier alpha value is -0.980. The second kappa shape index (κ2) is 19.1. The Labute approximate surface area is 141 Å². The summed E-state index contributed by atoms with van der Waals surface area (Å²) in [7, 11) is 0. The van der Waals surface area contributed by atoms with Crippen LogP contribution in [-0.4, -0.2) is 57.9 Å². The molecule has 23 heavy (non-hydrogen) atoms. The van der Waals surface area contributed by atoms with Crippen LogP contribution < -0.4 is 5.32 Å². The van der Waals surface area contributed by atoms with Crippen LogP contribution in [0.2, 0.25) is 0 Å². The topological polar surface area (TPSA) is 73.9 Å². The summed E-state index contributed by atoms with van der Waals surface area (Å²) in [5.74, 6) is 0.251. The van der Waals surface area contributed by atoms with E-state index in [1.807, 2.05) is 27.7 Å². The molecule has 0 fully saturated rings. The average Bonchev–Trinajstić information content (AvgIpc) is 2.56. The molecule has 0 aliphatic heterocycles. The molecule has 0 saturated heterocycles. The quantitative estimate of drug-likeness (QED) is 0.493. The Bertz CT molecular complexity index is 284. The number of Topliss-reactive ketones (excluding diaryl/α,β-unsaturated/α-hetero) is 1. The fraction of sp³-hybridized carbons (Fsp3) is 0.882. The molecular formula is C17H35NO5. The summed E-state index contributed by atoms with van der Waals surface area (Å²) >= 11 is 0. The Balaban J connectivity index is 0. The average molecular weight is 333 g/mol. The Morgan fingerprint density at radius 1 is 0.913 bits per heavy atom. The predicted octanol–water partition coefficient (Wildman–Crippen LogP) is 2.20. The van der Waals surface area contributed by atoms with Crippen molar-refractivity contribution in [1.82, 2.24) is 5.32 Å². The van der Waals surface area contributed by atoms with Gasteiger partial charge in [-0.2, -0.15) is 0 Å². The number of ketones is 1. The first-order chi connectivity index (χ1) is 11.1. The molecule has 0 aromatic carbocycles. The summed E-state index contributed by atoms with van der Waals surface area (Å²) in [6.07, 6.45) is 1.29. The molecule has 0 bridgehead atoms. The van der Waals surface area contributed by atoms with Crippen LogP contribution in [0.15, 0.2) is 0 Å². The lowest BCUT2D eigenvalue weighted by molar-refractivity contribution is -0.124. The van der Waals surface area contributed by atoms with E-state index in [9.17, 15) is 9.59 Å². The lowest BCUT2D eigenvalue weighted by Crippen LogP contribution is -2.31. The molecule has 0 radical (unpaired) electrons. The van der Waals surface area contributed by atoms with Crippen molar-refractivity contribution >= 4 is 11.7 Å². The van der Waals surface area contributed by atoms with Gasteiger partial charge in [-0.25, -0.2) is 0 Å². The molecule has 6 heteroatoms. The van der Waals surface area contributed by atoms with Crippen molar-refractivity contribution in [3.05, 3.63) is 0 Å². The normalized spacial score (nSPS) is 11.3. The monoisotopic (exact) mass is 333 g/mol. The van der Waals surface area contributed by atoms with E-state index in [0.717, 1.165) is 6.42 Å². The molecule has 0 heterocycles. The number of carbonyl (C=O) groups is 2. The SMILES string of the molecule is CC.CCC(C)C(=O)NCCOCCOCCOCCC(C)=O. The van der Waals surface area contributed by atoms with Gasteiger partial charge in [0.05, 0.1) is 39.6 Å². The molecule has 0 rings (SSSR count). The Morgan fingerprint density at radius 3 is 1.87 bits per heavy atom. The van der Waals surface area contributed by atoms with Crippen LogP contribution in [0.5, 0.6) is 0 Å². The third kappa shape index (κ3) is 19.0. The van der Waals surface area contributed by atoms with Crippen molar-refractivity contribution < 1.29 is 23.8 Å². The van der Waals surface area contributed by atoms with Gasteiger partial charge < -0.3 is 19.5 Å². The van der Waals surface area contributed by atoms with Crippen molar-refractivity contribution in [2.24, 2.45) is 5.92 Å². The van der Waals surface area contributed by atoms with Gasteiger partial charge >= 0.3 is 0 Å². The molecule has 1 unspecified atom stereocenters. The molecule has 0 spiro atoms. The maximum atomic E-state index is 11.5. The van der Waals surface area contributed by atoms with Crippen molar-refractivity contribution in [1.29, 1.82) is 0 Å². The van der Waals surface area contributed by atoms with Crippen LogP contribution in [0.4, 0.5) is 0 Å². The number of rotatable bonds is 14. The molecule has 1 N–H and O–H groups in total. The summed E-state index contributed by atoms with van der Waals surface area (Å²) in [5, 5.41) is 2.82. The molecule has 1 amide bonds. The zero-order valence-electron chi connectivity index (χ0n) is 15.5. The van der Waals surface area contributed by atoms with Gasteiger partial charge in [0.1, 0.15) is 5.78 Å². The van der Waals surface area contributed by atoms with E-state index in [1.165, 1.54) is 0 Å². The van der Waals surface area contributed by atoms with Crippen molar-refractivity contribution in [2.75, 3.05) is 46.2 Å². The lowest BCUT2D eigenvalue weighted by Gasteiger charge is -2.10. The zero-order valence-corrected chi connectivity index (χ0v) is 15.5. The fourth-order valence-electron chi connectivity index (χ4n) is 1.36. The van der Waals surface area contributed by atoms with Gasteiger partial charge in [0.2, 0.25) is 5.91 Å². The van der Waals surface area contributed by atoms with Gasteiger partial charge in [-0.1, -0.05) is 27.7 Å². The maximum Gasteiger partial charge on any atom is 0.222 e. The molecule has 138 valence electrons. The lowest BCUT2D eigenvalue weighted by atomic mass is 10.1. The Kier molecular flexibility index (Phi) is 20.1. The number of ether oxygens (including phenoxy) is 3. The minimum atomic E-state index is 0.0522. The number of nitrogens with one attached hydrogen (secondary N) is 1. The summed E-state index contributed by atoms with van der Waals surface area (Å²) in [6.45, 7) is 12.9. The first-order valence-electron chi connectivity index (χ1n) is 8.58. The second-order valence-corrected chi connectivity index (χ2v) is 4.89. The van der Waals surface area contributed by atoms with Crippen LogP contribution in [0.25, 0.3) is 0 Å². The van der Waals surface area contributed by atoms with Crippen LogP contribution >= 0.6 is 0 Å². The summed E-state index contributed by atoms with van der Waals surface area (Å²) in [4.78, 5) is 22.1. The molecular weight excluding hydrogens is 298 g/mol. The third-order valence-electron chi connectivity index (χ3n) is 2.95. The van der Waals surface area contributed by atoms with E-state index in [1.54, 1.807) is 6.92 Å². The standard InChI is InChI=1S/C15H29NO5.C2H6/c1-4-13(2)15(18)16-6-8-20-10-12-21-11-9-19-7-5-14(3)17;1-2/h13H,4-12H2,1-3H3,(H,16,18);1-2H3. The van der Waals surface area contributed by atoms with Gasteiger partial charge in [0.15, 0.2) is 0 Å². The number of hydrogen-bond acceptors (Lipinski definition) is 5. The van der Waals surface area contributed by atoms with Crippen LogP contribution in [-0.2, 0) is 23.8 Å². The minimum Gasteiger partial charge on any atom is -0.379 e. The number of amides is 1. The highest BCUT2D eigenvalue weighted by molar-refractivity contribution is 5.78. The third-order valence-corrected chi connectivity index (χ3v) is 2.95. The van der Waals surface area contributed by atoms with Crippen molar-refractivity contribution in [2.45, 2.75) is 47.5 Å². The van der Waals surface area contributed by atoms with Gasteiger partial charge in [-0.15, -0.1) is 0 Å². The second-order valence-electron chi connectivity index (χ2n) is 4.89. The smallest absolute Gasteiger partial charge is 0.222 e. The molecule has 0 aromatic heterocycles. The summed E-state index contributed by atoms with van der Waals surface area (Å²) in [5.41, 5.74) is 0. The molecule has 0 aromatic rings. The van der Waals surface area contributed by atoms with E-state index in [0.29, 0.717) is 52.6 Å². The minimum absolute atomic E-state index is 0.0522. The predicted molar refractivity (Wildman–Crippen MR) is 91.6 cm³/mol. The van der Waals surface area contributed by atoms with Crippen molar-refractivity contribution in [3.8, 4) is 0 Å². The highest BCUT2D eigenvalue weighted by Crippen LogP contribution is 1.98. The largest absolute Gasteiger partial charge is 0.379 e. The maximum absolute atomic E-state index is 11.5. The van der Waals surface area contributed by atoms with Crippen molar-refractivity contribution in [3.63, 3.8) is 0 Å². The fourth-order valence-corrected chi connectivity index (χ4v) is 1.36. The van der Waals surface area contributed by atoms with Crippen LogP contribution in [0.1, 0.15) is 47.5 Å². The Morgan fingerprint density at radius 2 is 1.39 bits per heavy atom. The summed E-state index contributed by atoms with van der Waals surface area (Å²) in [6, 6.07) is 0. The first kappa shape index (κ1) is 24.3. The van der Waals surface area contributed by atoms with Crippen LogP contribution in [0, 0.1) is 5.92 Å². The van der Waals surface area contributed by atoms with E-state index < -0.39 is 0 Å². The summed E-state index contributed by atoms with van der Waals surface area (Å²) < 4.78 is 15.8. The highest BCUT2D eigenvalue weighted by atomic mass is 16.5. The van der Waals surface area contributed by atoms with E-state index in [2.05, 4.69) is 5.32 Å². The van der Waals surface area contributed by atoms with E-state index in [4.69, 9.17) is 14.2 Å². The molecule has 1 atom stereocenters. The van der Waals surface area contributed by atoms with Gasteiger partial charge in [0, 0.05) is 18.9 Å². The van der Waals surface area contributed by atoms with Crippen LogP contribution in [0.3, 0.4) is 0 Å². The molecule has 0 saturated carbocycles. The molecule has 0 aliphatic carbocycles. The van der Waals surface area contributed by atoms with E-state index in [-0.39, 0.29) is 17.6 Å². The van der Waals surface area contributed by atoms with Gasteiger partial charge in [-0.3, -0.25) is 9.59 Å².